The number of benzene rings is 1. The summed E-state index contributed by atoms with van der Waals surface area (Å²) in [5.74, 6) is -0.767. The van der Waals surface area contributed by atoms with Crippen LogP contribution in [0.25, 0.3) is 0 Å². The molecule has 4 nitrogen and oxygen atoms in total. The molecule has 0 unspecified atom stereocenters. The lowest BCUT2D eigenvalue weighted by atomic mass is 10.2. The summed E-state index contributed by atoms with van der Waals surface area (Å²) in [6.45, 7) is 1.65. The second kappa shape index (κ2) is 4.55. The standard InChI is InChI=1S/C11H8ClFN2O2/c1-6-9(12)11(17-15-6)14-10(16)7-2-4-8(13)5-3-7/h2-5H,1H3,(H,14,16). The summed E-state index contributed by atoms with van der Waals surface area (Å²) in [5, 5.41) is 6.29. The van der Waals surface area contributed by atoms with Crippen LogP contribution in [0.1, 0.15) is 16.1 Å². The molecule has 0 atom stereocenters. The third kappa shape index (κ3) is 2.45. The van der Waals surface area contributed by atoms with Crippen LogP contribution in [0.15, 0.2) is 28.8 Å². The van der Waals surface area contributed by atoms with Crippen LogP contribution in [0, 0.1) is 12.7 Å². The van der Waals surface area contributed by atoms with Crippen molar-refractivity contribution in [1.29, 1.82) is 0 Å². The smallest absolute Gasteiger partial charge is 0.258 e. The molecule has 1 N–H and O–H groups in total. The van der Waals surface area contributed by atoms with Gasteiger partial charge in [0.05, 0.1) is 0 Å². The van der Waals surface area contributed by atoms with Crippen LogP contribution in [0.5, 0.6) is 0 Å². The minimum Gasteiger partial charge on any atom is -0.336 e. The van der Waals surface area contributed by atoms with Gasteiger partial charge >= 0.3 is 0 Å². The minimum atomic E-state index is -0.442. The lowest BCUT2D eigenvalue weighted by Crippen LogP contribution is -2.11. The number of halogens is 2. The van der Waals surface area contributed by atoms with Gasteiger partial charge in [-0.25, -0.2) is 4.39 Å². The molecule has 0 radical (unpaired) electrons. The summed E-state index contributed by atoms with van der Waals surface area (Å²) < 4.78 is 17.5. The predicted octanol–water partition coefficient (Wildman–Crippen LogP) is 3.03. The van der Waals surface area contributed by atoms with Crippen molar-refractivity contribution in [2.75, 3.05) is 5.32 Å². The summed E-state index contributed by atoms with van der Waals surface area (Å²) in [7, 11) is 0. The molecule has 6 heteroatoms. The number of amides is 1. The van der Waals surface area contributed by atoms with Gasteiger partial charge in [-0.1, -0.05) is 16.8 Å². The Bertz CT molecular complexity index is 551. The topological polar surface area (TPSA) is 55.1 Å². The predicted molar refractivity (Wildman–Crippen MR) is 60.6 cm³/mol. The molecule has 2 rings (SSSR count). The average molecular weight is 255 g/mol. The number of carbonyl (C=O) groups is 1. The van der Waals surface area contributed by atoms with E-state index in [-0.39, 0.29) is 10.9 Å². The molecule has 88 valence electrons. The number of aryl methyl sites for hydroxylation is 1. The van der Waals surface area contributed by atoms with Crippen molar-refractivity contribution in [3.8, 4) is 0 Å². The van der Waals surface area contributed by atoms with E-state index < -0.39 is 11.7 Å². The highest BCUT2D eigenvalue weighted by Gasteiger charge is 2.14. The fourth-order valence-corrected chi connectivity index (χ4v) is 1.33. The highest BCUT2D eigenvalue weighted by atomic mass is 35.5. The molecule has 0 fully saturated rings. The van der Waals surface area contributed by atoms with Gasteiger partial charge in [0.2, 0.25) is 0 Å². The van der Waals surface area contributed by atoms with Crippen molar-refractivity contribution >= 4 is 23.4 Å². The average Bonchev–Trinajstić information content (AvgIpc) is 2.62. The van der Waals surface area contributed by atoms with Crippen LogP contribution in [0.4, 0.5) is 10.3 Å². The molecule has 0 aliphatic rings. The number of aromatic nitrogens is 1. The van der Waals surface area contributed by atoms with Crippen LogP contribution < -0.4 is 5.32 Å². The normalized spacial score (nSPS) is 10.3. The Morgan fingerprint density at radius 1 is 1.41 bits per heavy atom. The quantitative estimate of drug-likeness (QED) is 0.896. The van der Waals surface area contributed by atoms with Gasteiger partial charge in [-0.05, 0) is 31.2 Å². The van der Waals surface area contributed by atoms with Crippen molar-refractivity contribution in [3.63, 3.8) is 0 Å². The molecule has 0 saturated heterocycles. The zero-order valence-corrected chi connectivity index (χ0v) is 9.58. The Balaban J connectivity index is 2.17. The molecule has 17 heavy (non-hydrogen) atoms. The summed E-state index contributed by atoms with van der Waals surface area (Å²) >= 11 is 5.83. The van der Waals surface area contributed by atoms with E-state index in [9.17, 15) is 9.18 Å². The molecule has 0 spiro atoms. The Hall–Kier alpha value is -1.88. The SMILES string of the molecule is Cc1noc(NC(=O)c2ccc(F)cc2)c1Cl. The first kappa shape index (κ1) is 11.6. The maximum absolute atomic E-state index is 12.7. The fourth-order valence-electron chi connectivity index (χ4n) is 1.21. The number of nitrogens with zero attached hydrogens (tertiary/aromatic N) is 1. The monoisotopic (exact) mass is 254 g/mol. The van der Waals surface area contributed by atoms with Crippen molar-refractivity contribution < 1.29 is 13.7 Å². The largest absolute Gasteiger partial charge is 0.336 e. The van der Waals surface area contributed by atoms with Crippen molar-refractivity contribution in [2.45, 2.75) is 6.92 Å². The maximum atomic E-state index is 12.7. The molecular formula is C11H8ClFN2O2. The Kier molecular flexibility index (Phi) is 3.10. The minimum absolute atomic E-state index is 0.0819. The molecular weight excluding hydrogens is 247 g/mol. The molecule has 1 aromatic carbocycles. The van der Waals surface area contributed by atoms with Gasteiger partial charge < -0.3 is 4.52 Å². The van der Waals surface area contributed by atoms with Gasteiger partial charge in [0.1, 0.15) is 16.5 Å². The summed E-state index contributed by atoms with van der Waals surface area (Å²) in [4.78, 5) is 11.7. The zero-order valence-electron chi connectivity index (χ0n) is 8.83. The van der Waals surface area contributed by atoms with Gasteiger partial charge in [0, 0.05) is 5.56 Å². The van der Waals surface area contributed by atoms with E-state index in [0.717, 1.165) is 0 Å². The summed E-state index contributed by atoms with van der Waals surface area (Å²) in [6, 6.07) is 5.12. The van der Waals surface area contributed by atoms with Crippen LogP contribution in [0.2, 0.25) is 5.02 Å². The van der Waals surface area contributed by atoms with E-state index in [1.54, 1.807) is 6.92 Å². The summed E-state index contributed by atoms with van der Waals surface area (Å²) in [5.41, 5.74) is 0.789. The zero-order chi connectivity index (χ0) is 12.4. The second-order valence-corrected chi connectivity index (χ2v) is 3.75. The van der Waals surface area contributed by atoms with E-state index in [2.05, 4.69) is 10.5 Å². The number of carbonyl (C=O) groups excluding carboxylic acids is 1. The van der Waals surface area contributed by atoms with Crippen LogP contribution in [-0.2, 0) is 0 Å². The fraction of sp³-hybridized carbons (Fsp3) is 0.0909. The Morgan fingerprint density at radius 3 is 2.59 bits per heavy atom. The van der Waals surface area contributed by atoms with Gasteiger partial charge in [0.15, 0.2) is 0 Å². The number of anilines is 1. The molecule has 2 aromatic rings. The van der Waals surface area contributed by atoms with Gasteiger partial charge in [-0.15, -0.1) is 0 Å². The molecule has 0 aliphatic heterocycles. The first-order chi connectivity index (χ1) is 8.08. The number of hydrogen-bond donors (Lipinski definition) is 1. The maximum Gasteiger partial charge on any atom is 0.258 e. The van der Waals surface area contributed by atoms with Crippen molar-refractivity contribution in [2.24, 2.45) is 0 Å². The molecule has 0 aliphatic carbocycles. The Morgan fingerprint density at radius 2 is 2.06 bits per heavy atom. The Labute approximate surface area is 101 Å². The first-order valence-corrected chi connectivity index (χ1v) is 5.14. The highest BCUT2D eigenvalue weighted by molar-refractivity contribution is 6.34. The van der Waals surface area contributed by atoms with E-state index in [4.69, 9.17) is 16.1 Å². The first-order valence-electron chi connectivity index (χ1n) is 4.76. The molecule has 1 amide bonds. The third-order valence-electron chi connectivity index (χ3n) is 2.12. The molecule has 0 saturated carbocycles. The lowest BCUT2D eigenvalue weighted by molar-refractivity contribution is 0.102. The van der Waals surface area contributed by atoms with Crippen molar-refractivity contribution in [1.82, 2.24) is 5.16 Å². The summed E-state index contributed by atoms with van der Waals surface area (Å²) in [6.07, 6.45) is 0. The van der Waals surface area contributed by atoms with Gasteiger partial charge in [-0.3, -0.25) is 10.1 Å². The van der Waals surface area contributed by atoms with Crippen LogP contribution in [-0.4, -0.2) is 11.1 Å². The number of hydrogen-bond acceptors (Lipinski definition) is 3. The van der Waals surface area contributed by atoms with Crippen LogP contribution in [0.3, 0.4) is 0 Å². The molecule has 1 aromatic heterocycles. The highest BCUT2D eigenvalue weighted by Crippen LogP contribution is 2.25. The molecule has 0 bridgehead atoms. The lowest BCUT2D eigenvalue weighted by Gasteiger charge is -2.01. The van der Waals surface area contributed by atoms with Crippen molar-refractivity contribution in [3.05, 3.63) is 46.4 Å². The van der Waals surface area contributed by atoms with E-state index in [1.165, 1.54) is 24.3 Å². The van der Waals surface area contributed by atoms with E-state index in [1.807, 2.05) is 0 Å². The molecule has 1 heterocycles. The third-order valence-corrected chi connectivity index (χ3v) is 2.57. The van der Waals surface area contributed by atoms with Gasteiger partial charge in [-0.2, -0.15) is 0 Å². The van der Waals surface area contributed by atoms with E-state index in [0.29, 0.717) is 11.3 Å². The van der Waals surface area contributed by atoms with E-state index >= 15 is 0 Å². The number of rotatable bonds is 2. The second-order valence-electron chi connectivity index (χ2n) is 3.37. The number of nitrogens with one attached hydrogen (secondary N) is 1. The van der Waals surface area contributed by atoms with Crippen LogP contribution >= 0.6 is 11.6 Å². The van der Waals surface area contributed by atoms with Gasteiger partial charge in [0.25, 0.3) is 11.8 Å².